The van der Waals surface area contributed by atoms with Crippen molar-refractivity contribution in [2.45, 2.75) is 45.1 Å². The van der Waals surface area contributed by atoms with Gasteiger partial charge in [0.2, 0.25) is 5.91 Å². The Balaban J connectivity index is 0.00000132. The van der Waals surface area contributed by atoms with Crippen molar-refractivity contribution in [2.24, 2.45) is 0 Å². The van der Waals surface area contributed by atoms with Gasteiger partial charge in [-0.05, 0) is 51.1 Å². The molecule has 2 aromatic carbocycles. The van der Waals surface area contributed by atoms with Gasteiger partial charge >= 0.3 is 0 Å². The maximum atomic E-state index is 15.1. The number of nitrogens with zero attached hydrogens (tertiary/aromatic N) is 1. The van der Waals surface area contributed by atoms with E-state index in [1.165, 1.54) is 23.1 Å². The highest BCUT2D eigenvalue weighted by Crippen LogP contribution is 2.46. The van der Waals surface area contributed by atoms with Gasteiger partial charge < -0.3 is 15.5 Å². The maximum Gasteiger partial charge on any atom is 0.237 e. The number of halogens is 4. The SMILES string of the molecule is CC.CN1C(=O)C(C)(C)c2c(F)cc(NC3(c4c(F)ccc(Cl)c4Cl)CCNC3)cc21. The van der Waals surface area contributed by atoms with Gasteiger partial charge in [-0.1, -0.05) is 37.0 Å². The van der Waals surface area contributed by atoms with Gasteiger partial charge in [-0.15, -0.1) is 0 Å². The Bertz CT molecular complexity index is 1020. The highest BCUT2D eigenvalue weighted by molar-refractivity contribution is 6.42. The number of amides is 1. The van der Waals surface area contributed by atoms with Gasteiger partial charge in [-0.3, -0.25) is 4.79 Å². The first-order chi connectivity index (χ1) is 14.6. The Morgan fingerprint density at radius 1 is 1.10 bits per heavy atom. The molecular weight excluding hydrogens is 443 g/mol. The quantitative estimate of drug-likeness (QED) is 0.553. The van der Waals surface area contributed by atoms with E-state index in [0.29, 0.717) is 36.4 Å². The van der Waals surface area contributed by atoms with E-state index in [9.17, 15) is 9.18 Å². The number of nitrogens with one attached hydrogen (secondary N) is 2. The smallest absolute Gasteiger partial charge is 0.237 e. The number of likely N-dealkylation sites (N-methyl/N-ethyl adjacent to an activating group) is 1. The van der Waals surface area contributed by atoms with Crippen LogP contribution in [0.5, 0.6) is 0 Å². The van der Waals surface area contributed by atoms with Crippen molar-refractivity contribution in [3.8, 4) is 0 Å². The zero-order valence-corrected chi connectivity index (χ0v) is 19.8. The summed E-state index contributed by atoms with van der Waals surface area (Å²) in [5.41, 5.74) is -0.284. The average Bonchev–Trinajstić information content (AvgIpc) is 3.25. The van der Waals surface area contributed by atoms with Crippen LogP contribution >= 0.6 is 23.2 Å². The molecule has 0 bridgehead atoms. The molecule has 0 spiro atoms. The van der Waals surface area contributed by atoms with Crippen molar-refractivity contribution < 1.29 is 13.6 Å². The van der Waals surface area contributed by atoms with Gasteiger partial charge in [0.25, 0.3) is 0 Å². The fraction of sp³-hybridized carbons (Fsp3) is 0.435. The van der Waals surface area contributed by atoms with Crippen molar-refractivity contribution in [3.05, 3.63) is 57.1 Å². The second-order valence-electron chi connectivity index (χ2n) is 8.19. The molecule has 0 radical (unpaired) electrons. The lowest BCUT2D eigenvalue weighted by Crippen LogP contribution is -2.39. The summed E-state index contributed by atoms with van der Waals surface area (Å²) in [6.45, 7) is 8.44. The van der Waals surface area contributed by atoms with E-state index >= 15 is 4.39 Å². The van der Waals surface area contributed by atoms with Crippen LogP contribution in [-0.4, -0.2) is 26.0 Å². The molecule has 4 rings (SSSR count). The van der Waals surface area contributed by atoms with Gasteiger partial charge in [-0.2, -0.15) is 0 Å². The molecule has 8 heteroatoms. The summed E-state index contributed by atoms with van der Waals surface area (Å²) >= 11 is 12.5. The zero-order chi connectivity index (χ0) is 23.1. The molecule has 2 aromatic rings. The molecule has 1 saturated heterocycles. The van der Waals surface area contributed by atoms with Crippen LogP contribution in [0.1, 0.15) is 45.2 Å². The standard InChI is InChI=1S/C21H21Cl2F2N3O.C2H6/c1-20(2)16-14(25)8-11(9-15(16)28(3)19(20)29)27-21(6-7-26-10-21)17-13(24)5-4-12(22)18(17)23;1-2/h4-5,8-9,26-27H,6-7,10H2,1-3H3;1-2H3. The van der Waals surface area contributed by atoms with Crippen molar-refractivity contribution in [1.29, 1.82) is 0 Å². The fourth-order valence-electron chi connectivity index (χ4n) is 4.50. The highest BCUT2D eigenvalue weighted by Gasteiger charge is 2.45. The van der Waals surface area contributed by atoms with E-state index < -0.39 is 22.6 Å². The molecule has 2 heterocycles. The van der Waals surface area contributed by atoms with Crippen LogP contribution < -0.4 is 15.5 Å². The molecule has 168 valence electrons. The highest BCUT2D eigenvalue weighted by atomic mass is 35.5. The van der Waals surface area contributed by atoms with E-state index in [-0.39, 0.29) is 21.5 Å². The van der Waals surface area contributed by atoms with Gasteiger partial charge in [0.05, 0.1) is 26.7 Å². The first-order valence-electron chi connectivity index (χ1n) is 10.3. The molecule has 1 unspecified atom stereocenters. The van der Waals surface area contributed by atoms with Crippen LogP contribution in [0.2, 0.25) is 10.0 Å². The summed E-state index contributed by atoms with van der Waals surface area (Å²) in [6.07, 6.45) is 0.531. The lowest BCUT2D eigenvalue weighted by molar-refractivity contribution is -0.121. The third kappa shape index (κ3) is 3.79. The number of carbonyl (C=O) groups is 1. The number of benzene rings is 2. The van der Waals surface area contributed by atoms with Crippen molar-refractivity contribution in [2.75, 3.05) is 30.4 Å². The first-order valence-corrected chi connectivity index (χ1v) is 11.1. The average molecular weight is 470 g/mol. The topological polar surface area (TPSA) is 44.4 Å². The Hall–Kier alpha value is -1.89. The second-order valence-corrected chi connectivity index (χ2v) is 8.98. The number of fused-ring (bicyclic) bond motifs is 1. The van der Waals surface area contributed by atoms with Crippen molar-refractivity contribution in [3.63, 3.8) is 0 Å². The summed E-state index contributed by atoms with van der Waals surface area (Å²) in [5, 5.41) is 6.89. The third-order valence-corrected chi connectivity index (χ3v) is 6.76. The van der Waals surface area contributed by atoms with Crippen LogP contribution in [0.4, 0.5) is 20.2 Å². The van der Waals surface area contributed by atoms with Crippen molar-refractivity contribution in [1.82, 2.24) is 5.32 Å². The number of rotatable bonds is 3. The minimum atomic E-state index is -0.943. The van der Waals surface area contributed by atoms with Crippen LogP contribution in [0.15, 0.2) is 24.3 Å². The number of hydrogen-bond acceptors (Lipinski definition) is 3. The molecule has 2 aliphatic rings. The molecular formula is C23H27Cl2F2N3O. The van der Waals surface area contributed by atoms with Crippen LogP contribution in [-0.2, 0) is 15.7 Å². The summed E-state index contributed by atoms with van der Waals surface area (Å²) < 4.78 is 29.9. The Kier molecular flexibility index (Phi) is 6.57. The van der Waals surface area contributed by atoms with Crippen LogP contribution in [0.25, 0.3) is 0 Å². The van der Waals surface area contributed by atoms with E-state index in [0.717, 1.165) is 0 Å². The predicted octanol–water partition coefficient (Wildman–Crippen LogP) is 5.85. The van der Waals surface area contributed by atoms with Crippen LogP contribution in [0.3, 0.4) is 0 Å². The molecule has 31 heavy (non-hydrogen) atoms. The minimum Gasteiger partial charge on any atom is -0.374 e. The van der Waals surface area contributed by atoms with E-state index in [4.69, 9.17) is 23.2 Å². The van der Waals surface area contributed by atoms with E-state index in [1.807, 2.05) is 13.8 Å². The number of anilines is 2. The monoisotopic (exact) mass is 469 g/mol. The first kappa shape index (κ1) is 23.8. The molecule has 1 fully saturated rings. The molecule has 1 atom stereocenters. The summed E-state index contributed by atoms with van der Waals surface area (Å²) in [7, 11) is 1.62. The van der Waals surface area contributed by atoms with Gasteiger partial charge in [0, 0.05) is 30.4 Å². The summed E-state index contributed by atoms with van der Waals surface area (Å²) in [6, 6.07) is 5.77. The second kappa shape index (κ2) is 8.57. The van der Waals surface area contributed by atoms with E-state index in [2.05, 4.69) is 10.6 Å². The fourth-order valence-corrected chi connectivity index (χ4v) is 4.99. The maximum absolute atomic E-state index is 15.1. The molecule has 2 aliphatic heterocycles. The van der Waals surface area contributed by atoms with E-state index in [1.54, 1.807) is 27.0 Å². The van der Waals surface area contributed by atoms with Crippen molar-refractivity contribution >= 4 is 40.5 Å². The molecule has 0 aromatic heterocycles. The minimum absolute atomic E-state index is 0.137. The zero-order valence-electron chi connectivity index (χ0n) is 18.3. The number of carbonyl (C=O) groups excluding carboxylic acids is 1. The van der Waals surface area contributed by atoms with Gasteiger partial charge in [0.1, 0.15) is 11.6 Å². The van der Waals surface area contributed by atoms with Gasteiger partial charge in [0.15, 0.2) is 0 Å². The molecule has 0 saturated carbocycles. The van der Waals surface area contributed by atoms with Crippen LogP contribution in [0, 0.1) is 11.6 Å². The Labute approximate surface area is 191 Å². The molecule has 2 N–H and O–H groups in total. The Morgan fingerprint density at radius 2 is 1.77 bits per heavy atom. The molecule has 0 aliphatic carbocycles. The summed E-state index contributed by atoms with van der Waals surface area (Å²) in [4.78, 5) is 14.0. The third-order valence-electron chi connectivity index (χ3n) is 5.96. The summed E-state index contributed by atoms with van der Waals surface area (Å²) in [5.74, 6) is -1.14. The molecule has 4 nitrogen and oxygen atoms in total. The predicted molar refractivity (Wildman–Crippen MR) is 123 cm³/mol. The normalized spacial score (nSPS) is 21.6. The molecule has 1 amide bonds. The Morgan fingerprint density at radius 3 is 2.39 bits per heavy atom. The lowest BCUT2D eigenvalue weighted by atomic mass is 9.85. The van der Waals surface area contributed by atoms with Gasteiger partial charge in [-0.25, -0.2) is 8.78 Å². The number of hydrogen-bond donors (Lipinski definition) is 2. The lowest BCUT2D eigenvalue weighted by Gasteiger charge is -2.33. The largest absolute Gasteiger partial charge is 0.374 e.